The van der Waals surface area contributed by atoms with Crippen LogP contribution in [0.2, 0.25) is 0 Å². The minimum Gasteiger partial charge on any atom is -1.00 e. The Morgan fingerprint density at radius 3 is 2.17 bits per heavy atom. The molecule has 0 saturated heterocycles. The van der Waals surface area contributed by atoms with Gasteiger partial charge in [0.1, 0.15) is 0 Å². The molecule has 0 heterocycles. The number of carboxylic acids is 1. The SMILES string of the molecule is CCCCOC(=O)C(CC(=O)O)S(=O)(=O)O.[H-].[H-].[Na+].[Na+]. The second-order valence-electron chi connectivity index (χ2n) is 3.12. The molecule has 0 rings (SSSR count). The molecule has 0 aliphatic carbocycles. The number of hydrogen-bond acceptors (Lipinski definition) is 5. The number of carbonyl (C=O) groups is 2. The molecule has 0 aromatic heterocycles. The summed E-state index contributed by atoms with van der Waals surface area (Å²) in [6.07, 6.45) is 0.267. The summed E-state index contributed by atoms with van der Waals surface area (Å²) in [5, 5.41) is 6.33. The Morgan fingerprint density at radius 1 is 1.33 bits per heavy atom. The van der Waals surface area contributed by atoms with E-state index in [9.17, 15) is 18.0 Å². The third-order valence-corrected chi connectivity index (χ3v) is 2.80. The van der Waals surface area contributed by atoms with Crippen LogP contribution in [-0.4, -0.2) is 41.9 Å². The van der Waals surface area contributed by atoms with E-state index >= 15 is 0 Å². The smallest absolute Gasteiger partial charge is 1.00 e. The fourth-order valence-corrected chi connectivity index (χ4v) is 1.54. The van der Waals surface area contributed by atoms with Gasteiger partial charge in [-0.3, -0.25) is 14.1 Å². The molecule has 0 aliphatic rings. The fourth-order valence-electron chi connectivity index (χ4n) is 0.879. The zero-order valence-corrected chi connectivity index (χ0v) is 15.6. The average Bonchev–Trinajstić information content (AvgIpc) is 2.12. The summed E-state index contributed by atoms with van der Waals surface area (Å²) in [5.41, 5.74) is 0. The monoisotopic (exact) mass is 302 g/mol. The van der Waals surface area contributed by atoms with Gasteiger partial charge in [0.25, 0.3) is 10.1 Å². The summed E-state index contributed by atoms with van der Waals surface area (Å²) >= 11 is 0. The number of esters is 1. The Kier molecular flexibility index (Phi) is 15.5. The van der Waals surface area contributed by atoms with Gasteiger partial charge in [-0.25, -0.2) is 0 Å². The summed E-state index contributed by atoms with van der Waals surface area (Å²) in [6.45, 7) is 1.84. The molecule has 1 atom stereocenters. The second kappa shape index (κ2) is 11.7. The van der Waals surface area contributed by atoms with Crippen molar-refractivity contribution >= 4 is 22.1 Å². The number of carboxylic acid groups (broad SMARTS) is 1. The standard InChI is InChI=1S/C8H14O7S.2Na.2H/c1-2-3-4-15-8(11)6(5-7(9)10)16(12,13)14;;;;/h6H,2-5H2,1H3,(H,9,10)(H,12,13,14);;;;/q;2*+1;2*-1. The van der Waals surface area contributed by atoms with E-state index in [0.29, 0.717) is 6.42 Å². The van der Waals surface area contributed by atoms with Gasteiger partial charge < -0.3 is 12.7 Å². The van der Waals surface area contributed by atoms with Crippen molar-refractivity contribution in [1.82, 2.24) is 0 Å². The van der Waals surface area contributed by atoms with Crippen LogP contribution in [0.15, 0.2) is 0 Å². The van der Waals surface area contributed by atoms with E-state index in [1.807, 2.05) is 6.92 Å². The first kappa shape index (κ1) is 23.9. The van der Waals surface area contributed by atoms with Crippen molar-refractivity contribution in [3.05, 3.63) is 0 Å². The van der Waals surface area contributed by atoms with Gasteiger partial charge in [-0.1, -0.05) is 13.3 Å². The molecule has 10 heteroatoms. The Morgan fingerprint density at radius 2 is 1.83 bits per heavy atom. The Labute approximate surface area is 153 Å². The topological polar surface area (TPSA) is 118 Å². The molecule has 0 bridgehead atoms. The predicted octanol–water partition coefficient (Wildman–Crippen LogP) is -5.71. The van der Waals surface area contributed by atoms with Crippen LogP contribution >= 0.6 is 0 Å². The van der Waals surface area contributed by atoms with Crippen molar-refractivity contribution in [3.8, 4) is 0 Å². The molecule has 0 aromatic rings. The molecular weight excluding hydrogens is 286 g/mol. The average molecular weight is 302 g/mol. The Bertz CT molecular complexity index is 364. The van der Waals surface area contributed by atoms with Crippen molar-refractivity contribution in [1.29, 1.82) is 0 Å². The quantitative estimate of drug-likeness (QED) is 0.208. The molecule has 1 unspecified atom stereocenters. The number of aliphatic carboxylic acids is 1. The van der Waals surface area contributed by atoms with E-state index in [0.717, 1.165) is 6.42 Å². The van der Waals surface area contributed by atoms with E-state index in [2.05, 4.69) is 4.74 Å². The minimum absolute atomic E-state index is 0. The van der Waals surface area contributed by atoms with Crippen LogP contribution in [0.1, 0.15) is 29.0 Å². The molecule has 98 valence electrons. The summed E-state index contributed by atoms with van der Waals surface area (Å²) in [7, 11) is -4.75. The molecule has 0 saturated carbocycles. The normalized spacial score (nSPS) is 11.7. The molecule has 0 radical (unpaired) electrons. The molecule has 0 aromatic carbocycles. The van der Waals surface area contributed by atoms with Gasteiger partial charge in [0, 0.05) is 0 Å². The number of hydrogen-bond donors (Lipinski definition) is 2. The van der Waals surface area contributed by atoms with E-state index in [4.69, 9.17) is 9.66 Å². The first-order valence-corrected chi connectivity index (χ1v) is 6.14. The molecule has 2 N–H and O–H groups in total. The summed E-state index contributed by atoms with van der Waals surface area (Å²) in [6, 6.07) is 0. The first-order valence-electron chi connectivity index (χ1n) is 4.63. The van der Waals surface area contributed by atoms with Crippen LogP contribution in [0.4, 0.5) is 0 Å². The molecule has 0 aliphatic heterocycles. The number of unbranched alkanes of at least 4 members (excludes halogenated alkanes) is 1. The first-order chi connectivity index (χ1) is 7.29. The molecular formula is C8H16Na2O7S. The van der Waals surface area contributed by atoms with Crippen LogP contribution in [0.5, 0.6) is 0 Å². The van der Waals surface area contributed by atoms with Crippen LogP contribution in [0, 0.1) is 0 Å². The molecule has 0 fully saturated rings. The van der Waals surface area contributed by atoms with E-state index in [1.54, 1.807) is 0 Å². The zero-order chi connectivity index (χ0) is 12.8. The van der Waals surface area contributed by atoms with E-state index in [-0.39, 0.29) is 68.6 Å². The largest absolute Gasteiger partial charge is 1.00 e. The van der Waals surface area contributed by atoms with Gasteiger partial charge in [0.05, 0.1) is 13.0 Å². The van der Waals surface area contributed by atoms with Crippen molar-refractivity contribution in [3.63, 3.8) is 0 Å². The maximum absolute atomic E-state index is 11.2. The van der Waals surface area contributed by atoms with Crippen LogP contribution in [0.25, 0.3) is 0 Å². The van der Waals surface area contributed by atoms with Crippen molar-refractivity contribution in [2.24, 2.45) is 0 Å². The zero-order valence-electron chi connectivity index (χ0n) is 12.7. The van der Waals surface area contributed by atoms with Gasteiger partial charge in [-0.15, -0.1) is 0 Å². The van der Waals surface area contributed by atoms with Gasteiger partial charge in [-0.2, -0.15) is 8.42 Å². The Hall–Kier alpha value is 0.850. The molecule has 7 nitrogen and oxygen atoms in total. The number of carbonyl (C=O) groups excluding carboxylic acids is 1. The molecule has 0 spiro atoms. The van der Waals surface area contributed by atoms with Gasteiger partial charge in [-0.05, 0) is 6.42 Å². The van der Waals surface area contributed by atoms with Crippen molar-refractivity contribution < 1.29 is 94.4 Å². The van der Waals surface area contributed by atoms with Crippen LogP contribution < -0.4 is 59.1 Å². The van der Waals surface area contributed by atoms with Crippen molar-refractivity contribution in [2.75, 3.05) is 6.61 Å². The number of ether oxygens (including phenoxy) is 1. The van der Waals surface area contributed by atoms with Crippen LogP contribution in [0.3, 0.4) is 0 Å². The summed E-state index contributed by atoms with van der Waals surface area (Å²) in [5.74, 6) is -2.74. The fraction of sp³-hybridized carbons (Fsp3) is 0.750. The van der Waals surface area contributed by atoms with Gasteiger partial charge in [0.2, 0.25) is 0 Å². The third kappa shape index (κ3) is 10.7. The minimum atomic E-state index is -4.75. The van der Waals surface area contributed by atoms with Crippen molar-refractivity contribution in [2.45, 2.75) is 31.4 Å². The maximum atomic E-state index is 11.2. The predicted molar refractivity (Wildman–Crippen MR) is 55.7 cm³/mol. The summed E-state index contributed by atoms with van der Waals surface area (Å²) < 4.78 is 34.7. The van der Waals surface area contributed by atoms with Gasteiger partial charge >= 0.3 is 71.1 Å². The summed E-state index contributed by atoms with van der Waals surface area (Å²) in [4.78, 5) is 21.5. The van der Waals surface area contributed by atoms with Crippen LogP contribution in [-0.2, 0) is 24.4 Å². The Balaban J connectivity index is -0.000000187. The van der Waals surface area contributed by atoms with E-state index < -0.39 is 33.7 Å². The van der Waals surface area contributed by atoms with E-state index in [1.165, 1.54) is 0 Å². The maximum Gasteiger partial charge on any atom is 1.00 e. The number of rotatable bonds is 7. The molecule has 18 heavy (non-hydrogen) atoms. The second-order valence-corrected chi connectivity index (χ2v) is 4.72. The third-order valence-electron chi connectivity index (χ3n) is 1.72. The van der Waals surface area contributed by atoms with Gasteiger partial charge in [0.15, 0.2) is 5.25 Å². The molecule has 0 amide bonds.